The lowest BCUT2D eigenvalue weighted by molar-refractivity contribution is -0.173. The molecule has 0 aromatic rings. The van der Waals surface area contributed by atoms with Gasteiger partial charge in [-0.15, -0.1) is 0 Å². The zero-order chi connectivity index (χ0) is 13.0. The van der Waals surface area contributed by atoms with E-state index in [4.69, 9.17) is 0 Å². The van der Waals surface area contributed by atoms with Crippen LogP contribution in [0.5, 0.6) is 0 Å². The molecule has 3 nitrogen and oxygen atoms in total. The van der Waals surface area contributed by atoms with Crippen molar-refractivity contribution in [3.8, 4) is 0 Å². The van der Waals surface area contributed by atoms with Crippen molar-refractivity contribution in [2.75, 3.05) is 19.8 Å². The Labute approximate surface area is 94.0 Å². The quantitative estimate of drug-likeness (QED) is 0.698. The third-order valence-corrected chi connectivity index (χ3v) is 2.61. The molecule has 6 heteroatoms. The third-order valence-electron chi connectivity index (χ3n) is 2.61. The first-order valence-corrected chi connectivity index (χ1v) is 5.08. The minimum Gasteiger partial charge on any atom is -0.389 e. The summed E-state index contributed by atoms with van der Waals surface area (Å²) in [5.41, 5.74) is -1.55. The van der Waals surface area contributed by atoms with Crippen molar-refractivity contribution in [1.29, 1.82) is 0 Å². The van der Waals surface area contributed by atoms with Crippen LogP contribution >= 0.6 is 0 Å². The summed E-state index contributed by atoms with van der Waals surface area (Å²) in [5, 5.41) is 12.7. The number of alkyl halides is 3. The second-order valence-electron chi connectivity index (χ2n) is 4.78. The van der Waals surface area contributed by atoms with E-state index in [1.54, 1.807) is 27.7 Å². The molecule has 0 bridgehead atoms. The van der Waals surface area contributed by atoms with Crippen molar-refractivity contribution in [2.24, 2.45) is 0 Å². The lowest BCUT2D eigenvalue weighted by Gasteiger charge is -2.38. The molecule has 0 aromatic heterocycles. The van der Waals surface area contributed by atoms with Crippen molar-refractivity contribution < 1.29 is 23.0 Å². The second-order valence-corrected chi connectivity index (χ2v) is 4.78. The first kappa shape index (κ1) is 15.7. The van der Waals surface area contributed by atoms with Crippen LogP contribution < -0.4 is 5.32 Å². The van der Waals surface area contributed by atoms with Gasteiger partial charge in [-0.3, -0.25) is 0 Å². The molecule has 0 amide bonds. The van der Waals surface area contributed by atoms with E-state index in [9.17, 15) is 18.3 Å². The van der Waals surface area contributed by atoms with Gasteiger partial charge in [-0.25, -0.2) is 0 Å². The van der Waals surface area contributed by atoms with Crippen LogP contribution in [0, 0.1) is 0 Å². The molecule has 16 heavy (non-hydrogen) atoms. The summed E-state index contributed by atoms with van der Waals surface area (Å²) in [6.45, 7) is 5.80. The van der Waals surface area contributed by atoms with Gasteiger partial charge in [-0.05, 0) is 27.7 Å². The Bertz CT molecular complexity index is 209. The van der Waals surface area contributed by atoms with Gasteiger partial charge in [0.15, 0.2) is 0 Å². The van der Waals surface area contributed by atoms with Crippen LogP contribution in [0.2, 0.25) is 0 Å². The first-order chi connectivity index (χ1) is 6.96. The molecule has 0 aliphatic heterocycles. The summed E-state index contributed by atoms with van der Waals surface area (Å²) in [4.78, 5) is 0. The van der Waals surface area contributed by atoms with E-state index in [1.807, 2.05) is 0 Å². The Kier molecular flexibility index (Phi) is 5.22. The van der Waals surface area contributed by atoms with E-state index < -0.39 is 23.9 Å². The fraction of sp³-hybridized carbons (Fsp3) is 1.00. The number of hydrogen-bond donors (Lipinski definition) is 2. The summed E-state index contributed by atoms with van der Waals surface area (Å²) in [5.74, 6) is 0. The summed E-state index contributed by atoms with van der Waals surface area (Å²) in [7, 11) is 0. The van der Waals surface area contributed by atoms with Gasteiger partial charge >= 0.3 is 6.18 Å². The van der Waals surface area contributed by atoms with Gasteiger partial charge in [-0.1, -0.05) is 0 Å². The van der Waals surface area contributed by atoms with Crippen LogP contribution in [0.3, 0.4) is 0 Å². The smallest absolute Gasteiger partial charge is 0.389 e. The van der Waals surface area contributed by atoms with Crippen LogP contribution in [0.1, 0.15) is 27.7 Å². The fourth-order valence-electron chi connectivity index (χ4n) is 0.840. The van der Waals surface area contributed by atoms with Crippen molar-refractivity contribution in [3.05, 3.63) is 0 Å². The van der Waals surface area contributed by atoms with Crippen LogP contribution in [0.25, 0.3) is 0 Å². The molecule has 0 radical (unpaired) electrons. The van der Waals surface area contributed by atoms with E-state index in [0.29, 0.717) is 0 Å². The van der Waals surface area contributed by atoms with Crippen LogP contribution in [-0.4, -0.2) is 42.2 Å². The maximum atomic E-state index is 11.7. The molecule has 0 aromatic carbocycles. The zero-order valence-electron chi connectivity index (χ0n) is 10.1. The molecule has 0 saturated heterocycles. The Morgan fingerprint density at radius 1 is 1.12 bits per heavy atom. The maximum Gasteiger partial charge on any atom is 0.411 e. The van der Waals surface area contributed by atoms with Gasteiger partial charge in [0.2, 0.25) is 0 Å². The van der Waals surface area contributed by atoms with Crippen LogP contribution in [-0.2, 0) is 4.74 Å². The molecule has 0 fully saturated rings. The van der Waals surface area contributed by atoms with E-state index in [-0.39, 0.29) is 13.2 Å². The lowest BCUT2D eigenvalue weighted by atomic mass is 9.86. The molecule has 2 N–H and O–H groups in total. The van der Waals surface area contributed by atoms with Gasteiger partial charge in [0.1, 0.15) is 6.61 Å². The van der Waals surface area contributed by atoms with Crippen molar-refractivity contribution in [2.45, 2.75) is 45.0 Å². The Morgan fingerprint density at radius 3 is 2.00 bits per heavy atom. The molecule has 0 rings (SSSR count). The van der Waals surface area contributed by atoms with Gasteiger partial charge in [-0.2, -0.15) is 13.2 Å². The Balaban J connectivity index is 3.75. The number of rotatable bonds is 6. The number of hydrogen-bond acceptors (Lipinski definition) is 3. The lowest BCUT2D eigenvalue weighted by Crippen LogP contribution is -2.56. The summed E-state index contributed by atoms with van der Waals surface area (Å²) < 4.78 is 39.6. The zero-order valence-corrected chi connectivity index (χ0v) is 10.1. The van der Waals surface area contributed by atoms with Crippen LogP contribution in [0.4, 0.5) is 13.2 Å². The van der Waals surface area contributed by atoms with Crippen molar-refractivity contribution in [1.82, 2.24) is 5.32 Å². The van der Waals surface area contributed by atoms with E-state index in [0.717, 1.165) is 0 Å². The topological polar surface area (TPSA) is 41.5 Å². The Morgan fingerprint density at radius 2 is 1.62 bits per heavy atom. The van der Waals surface area contributed by atoms with Crippen molar-refractivity contribution >= 4 is 0 Å². The summed E-state index contributed by atoms with van der Waals surface area (Å²) in [6, 6.07) is 0. The second kappa shape index (κ2) is 5.33. The molecule has 0 aliphatic carbocycles. The monoisotopic (exact) mass is 243 g/mol. The molecular formula is C10H20F3NO2. The summed E-state index contributed by atoms with van der Waals surface area (Å²) in [6.07, 6.45) is -4.29. The maximum absolute atomic E-state index is 11.7. The third kappa shape index (κ3) is 6.30. The fourth-order valence-corrected chi connectivity index (χ4v) is 0.840. The van der Waals surface area contributed by atoms with E-state index in [1.165, 1.54) is 0 Å². The molecular weight excluding hydrogens is 223 g/mol. The molecule has 98 valence electrons. The molecule has 0 atom stereocenters. The standard InChI is InChI=1S/C10H20F3NO2/c1-8(2,9(3,4)15)14-5-6-16-7-10(11,12)13/h14-15H,5-7H2,1-4H3. The normalized spacial score (nSPS) is 14.2. The minimum absolute atomic E-state index is 0.0426. The van der Waals surface area contributed by atoms with Gasteiger partial charge in [0.25, 0.3) is 0 Å². The number of aliphatic hydroxyl groups is 1. The van der Waals surface area contributed by atoms with E-state index in [2.05, 4.69) is 10.1 Å². The van der Waals surface area contributed by atoms with Crippen LogP contribution in [0.15, 0.2) is 0 Å². The van der Waals surface area contributed by atoms with Gasteiger partial charge < -0.3 is 15.2 Å². The summed E-state index contributed by atoms with van der Waals surface area (Å²) >= 11 is 0. The highest BCUT2D eigenvalue weighted by Crippen LogP contribution is 2.20. The SMILES string of the molecule is CC(C)(O)C(C)(C)NCCOCC(F)(F)F. The highest BCUT2D eigenvalue weighted by molar-refractivity contribution is 4.93. The predicted octanol–water partition coefficient (Wildman–Crippen LogP) is 1.70. The Hall–Kier alpha value is -0.330. The highest BCUT2D eigenvalue weighted by Gasteiger charge is 2.34. The average molecular weight is 243 g/mol. The number of ether oxygens (including phenoxy) is 1. The molecule has 0 spiro atoms. The molecule has 0 saturated carbocycles. The largest absolute Gasteiger partial charge is 0.411 e. The van der Waals surface area contributed by atoms with Gasteiger partial charge in [0.05, 0.1) is 12.2 Å². The van der Waals surface area contributed by atoms with Crippen molar-refractivity contribution in [3.63, 3.8) is 0 Å². The number of nitrogens with one attached hydrogen (secondary N) is 1. The van der Waals surface area contributed by atoms with E-state index >= 15 is 0 Å². The molecule has 0 unspecified atom stereocenters. The predicted molar refractivity (Wildman–Crippen MR) is 55.3 cm³/mol. The minimum atomic E-state index is -4.29. The molecule has 0 aliphatic rings. The first-order valence-electron chi connectivity index (χ1n) is 5.08. The number of halogens is 3. The highest BCUT2D eigenvalue weighted by atomic mass is 19.4. The molecule has 0 heterocycles. The average Bonchev–Trinajstić information content (AvgIpc) is 1.98. The van der Waals surface area contributed by atoms with Gasteiger partial charge in [0, 0.05) is 12.1 Å².